The summed E-state index contributed by atoms with van der Waals surface area (Å²) in [5, 5.41) is 8.31. The molecule has 3 rings (SSSR count). The predicted molar refractivity (Wildman–Crippen MR) is 134 cm³/mol. The molecule has 1 aromatic heterocycles. The van der Waals surface area contributed by atoms with Crippen LogP contribution in [0.1, 0.15) is 56.7 Å². The SMILES string of the molecule is C=NN(C)/C=C(\C)CC(=O)N[C@H]1CC[C@](F)(CCN2CCc3ccc(OCC(F)(F)F)nc3CC2)CC1. The minimum absolute atomic E-state index is 0.0213. The number of nitrogens with zero attached hydrogens (tertiary/aromatic N) is 4. The summed E-state index contributed by atoms with van der Waals surface area (Å²) in [6, 6.07) is 3.23. The Labute approximate surface area is 215 Å². The van der Waals surface area contributed by atoms with Crippen LogP contribution in [-0.4, -0.2) is 78.7 Å². The molecule has 2 heterocycles. The molecule has 2 aliphatic rings. The third kappa shape index (κ3) is 9.60. The fourth-order valence-corrected chi connectivity index (χ4v) is 4.89. The summed E-state index contributed by atoms with van der Waals surface area (Å²) in [7, 11) is 1.74. The second-order valence-electron chi connectivity index (χ2n) is 10.1. The molecule has 37 heavy (non-hydrogen) atoms. The first-order valence-electron chi connectivity index (χ1n) is 12.7. The second-order valence-corrected chi connectivity index (χ2v) is 10.1. The molecule has 1 aliphatic heterocycles. The maximum absolute atomic E-state index is 15.5. The molecular weight excluding hydrogens is 490 g/mol. The number of carbonyl (C=O) groups is 1. The van der Waals surface area contributed by atoms with E-state index in [1.54, 1.807) is 24.3 Å². The highest BCUT2D eigenvalue weighted by Crippen LogP contribution is 2.35. The maximum Gasteiger partial charge on any atom is 0.422 e. The van der Waals surface area contributed by atoms with Crippen molar-refractivity contribution in [2.75, 3.05) is 33.3 Å². The van der Waals surface area contributed by atoms with Gasteiger partial charge in [0.2, 0.25) is 11.8 Å². The third-order valence-electron chi connectivity index (χ3n) is 6.98. The summed E-state index contributed by atoms with van der Waals surface area (Å²) in [6.45, 7) is 5.94. The van der Waals surface area contributed by atoms with Crippen molar-refractivity contribution in [3.8, 4) is 5.88 Å². The number of alkyl halides is 4. The lowest BCUT2D eigenvalue weighted by Gasteiger charge is -2.35. The Morgan fingerprint density at radius 1 is 1.32 bits per heavy atom. The minimum Gasteiger partial charge on any atom is -0.468 e. The molecule has 1 aromatic rings. The van der Waals surface area contributed by atoms with Crippen LogP contribution in [0.15, 0.2) is 29.0 Å². The summed E-state index contributed by atoms with van der Waals surface area (Å²) < 4.78 is 57.6. The molecule has 0 atom stereocenters. The summed E-state index contributed by atoms with van der Waals surface area (Å²) >= 11 is 0. The van der Waals surface area contributed by atoms with Gasteiger partial charge in [-0.15, -0.1) is 0 Å². The van der Waals surface area contributed by atoms with E-state index in [4.69, 9.17) is 4.74 Å². The van der Waals surface area contributed by atoms with Crippen LogP contribution < -0.4 is 10.1 Å². The Kier molecular flexibility index (Phi) is 9.92. The van der Waals surface area contributed by atoms with E-state index in [1.165, 1.54) is 6.07 Å². The number of fused-ring (bicyclic) bond motifs is 1. The molecule has 1 saturated carbocycles. The van der Waals surface area contributed by atoms with Gasteiger partial charge in [0.05, 0.1) is 0 Å². The van der Waals surface area contributed by atoms with Gasteiger partial charge in [0, 0.05) is 70.2 Å². The molecule has 0 aromatic carbocycles. The van der Waals surface area contributed by atoms with Gasteiger partial charge in [-0.3, -0.25) is 9.80 Å². The summed E-state index contributed by atoms with van der Waals surface area (Å²) in [6.07, 6.45) is 1.34. The number of amides is 1. The van der Waals surface area contributed by atoms with E-state index in [0.717, 1.165) is 23.4 Å². The first-order chi connectivity index (χ1) is 17.4. The number of aromatic nitrogens is 1. The first-order valence-corrected chi connectivity index (χ1v) is 12.7. The van der Waals surface area contributed by atoms with E-state index >= 15 is 4.39 Å². The summed E-state index contributed by atoms with van der Waals surface area (Å²) in [4.78, 5) is 18.8. The molecule has 1 amide bonds. The van der Waals surface area contributed by atoms with Gasteiger partial charge in [-0.2, -0.15) is 18.3 Å². The van der Waals surface area contributed by atoms with Gasteiger partial charge >= 0.3 is 6.18 Å². The molecule has 0 unspecified atom stereocenters. The van der Waals surface area contributed by atoms with Gasteiger partial charge in [-0.05, 0) is 56.6 Å². The molecule has 0 radical (unpaired) electrons. The molecule has 0 spiro atoms. The van der Waals surface area contributed by atoms with E-state index in [9.17, 15) is 18.0 Å². The largest absolute Gasteiger partial charge is 0.468 e. The summed E-state index contributed by atoms with van der Waals surface area (Å²) in [5.74, 6) is -0.101. The third-order valence-corrected chi connectivity index (χ3v) is 6.98. The predicted octanol–water partition coefficient (Wildman–Crippen LogP) is 4.42. The number of pyridine rings is 1. The zero-order valence-electron chi connectivity index (χ0n) is 21.6. The molecule has 1 aliphatic carbocycles. The number of hydrogen-bond donors (Lipinski definition) is 1. The van der Waals surface area contributed by atoms with Crippen LogP contribution >= 0.6 is 0 Å². The van der Waals surface area contributed by atoms with Crippen LogP contribution in [0.3, 0.4) is 0 Å². The highest BCUT2D eigenvalue weighted by atomic mass is 19.4. The van der Waals surface area contributed by atoms with Crippen LogP contribution in [0.2, 0.25) is 0 Å². The van der Waals surface area contributed by atoms with Crippen molar-refractivity contribution >= 4 is 12.6 Å². The molecule has 0 saturated heterocycles. The quantitative estimate of drug-likeness (QED) is 0.277. The lowest BCUT2D eigenvalue weighted by Crippen LogP contribution is -2.43. The standard InChI is InChI=1S/C26H37F4N5O2/c1-19(17-34(3)31-2)16-23(36)32-21-6-10-25(27,11-7-21)12-15-35-13-8-20-4-5-24(33-22(20)9-14-35)37-18-26(28,29)30/h4-5,17,21H,2,6-16,18H2,1,3H3,(H,32,36)/b19-17+/t21-,25+. The highest BCUT2D eigenvalue weighted by Gasteiger charge is 2.36. The number of hydrogen-bond acceptors (Lipinski definition) is 6. The van der Waals surface area contributed by atoms with Gasteiger partial charge in [0.1, 0.15) is 5.67 Å². The average molecular weight is 528 g/mol. The Balaban J connectivity index is 1.41. The fraction of sp³-hybridized carbons (Fsp3) is 0.654. The summed E-state index contributed by atoms with van der Waals surface area (Å²) in [5.41, 5.74) is 1.34. The highest BCUT2D eigenvalue weighted by molar-refractivity contribution is 5.78. The van der Waals surface area contributed by atoms with E-state index in [1.807, 2.05) is 6.92 Å². The lowest BCUT2D eigenvalue weighted by atomic mass is 9.81. The second kappa shape index (κ2) is 12.7. The zero-order chi connectivity index (χ0) is 27.1. The normalized spacial score (nSPS) is 23.1. The van der Waals surface area contributed by atoms with Crippen molar-refractivity contribution in [2.45, 2.75) is 76.2 Å². The van der Waals surface area contributed by atoms with E-state index in [2.05, 4.69) is 27.0 Å². The van der Waals surface area contributed by atoms with Crippen LogP contribution in [0.4, 0.5) is 17.6 Å². The van der Waals surface area contributed by atoms with Crippen molar-refractivity contribution in [2.24, 2.45) is 5.10 Å². The number of nitrogens with one attached hydrogen (secondary N) is 1. The van der Waals surface area contributed by atoms with Gasteiger partial charge < -0.3 is 15.0 Å². The molecule has 0 bridgehead atoms. The monoisotopic (exact) mass is 527 g/mol. The van der Waals surface area contributed by atoms with Crippen molar-refractivity contribution in [1.29, 1.82) is 0 Å². The topological polar surface area (TPSA) is 70.1 Å². The van der Waals surface area contributed by atoms with Crippen molar-refractivity contribution in [3.05, 3.63) is 35.2 Å². The van der Waals surface area contributed by atoms with Gasteiger partial charge in [0.15, 0.2) is 6.61 Å². The molecular formula is C26H37F4N5O2. The smallest absolute Gasteiger partial charge is 0.422 e. The van der Waals surface area contributed by atoms with Crippen molar-refractivity contribution in [1.82, 2.24) is 20.2 Å². The van der Waals surface area contributed by atoms with Crippen molar-refractivity contribution < 1.29 is 27.1 Å². The zero-order valence-corrected chi connectivity index (χ0v) is 21.6. The van der Waals surface area contributed by atoms with E-state index in [0.29, 0.717) is 58.0 Å². The number of rotatable bonds is 10. The van der Waals surface area contributed by atoms with E-state index < -0.39 is 18.5 Å². The van der Waals surface area contributed by atoms with E-state index in [-0.39, 0.29) is 24.2 Å². The van der Waals surface area contributed by atoms with Crippen molar-refractivity contribution in [3.63, 3.8) is 0 Å². The minimum atomic E-state index is -4.41. The number of carbonyl (C=O) groups excluding carboxylic acids is 1. The molecule has 1 fully saturated rings. The van der Waals surface area contributed by atoms with Gasteiger partial charge in [-0.25, -0.2) is 9.37 Å². The molecule has 206 valence electrons. The maximum atomic E-state index is 15.5. The number of hydrazone groups is 1. The van der Waals surface area contributed by atoms with Crippen LogP contribution in [0.5, 0.6) is 5.88 Å². The number of halogens is 4. The lowest BCUT2D eigenvalue weighted by molar-refractivity contribution is -0.154. The Morgan fingerprint density at radius 2 is 2.03 bits per heavy atom. The van der Waals surface area contributed by atoms with Crippen LogP contribution in [0, 0.1) is 0 Å². The number of ether oxygens (including phenoxy) is 1. The Bertz CT molecular complexity index is 961. The van der Waals surface area contributed by atoms with Gasteiger partial charge in [-0.1, -0.05) is 6.07 Å². The molecule has 7 nitrogen and oxygen atoms in total. The van der Waals surface area contributed by atoms with Gasteiger partial charge in [0.25, 0.3) is 0 Å². The van der Waals surface area contributed by atoms with Crippen LogP contribution in [-0.2, 0) is 17.6 Å². The van der Waals surface area contributed by atoms with Crippen LogP contribution in [0.25, 0.3) is 0 Å². The fourth-order valence-electron chi connectivity index (χ4n) is 4.89. The molecule has 1 N–H and O–H groups in total. The Hall–Kier alpha value is -2.69. The average Bonchev–Trinajstić information content (AvgIpc) is 3.04. The molecule has 11 heteroatoms. The first kappa shape index (κ1) is 28.9. The Morgan fingerprint density at radius 3 is 2.70 bits per heavy atom.